The summed E-state index contributed by atoms with van der Waals surface area (Å²) in [5.41, 5.74) is 1.90. The van der Waals surface area contributed by atoms with E-state index in [1.807, 2.05) is 56.3 Å². The Bertz CT molecular complexity index is 651. The van der Waals surface area contributed by atoms with Crippen molar-refractivity contribution in [2.75, 3.05) is 5.32 Å². The third-order valence-corrected chi connectivity index (χ3v) is 3.42. The first-order valence-electron chi connectivity index (χ1n) is 6.93. The van der Waals surface area contributed by atoms with Crippen LogP contribution in [0, 0.1) is 6.92 Å². The first-order chi connectivity index (χ1) is 10.1. The number of ether oxygens (including phenoxy) is 2. The monoisotopic (exact) mass is 283 g/mol. The van der Waals surface area contributed by atoms with Crippen molar-refractivity contribution < 1.29 is 14.3 Å². The number of carbonyl (C=O) groups excluding carboxylic acids is 1. The Labute approximate surface area is 123 Å². The smallest absolute Gasteiger partial charge is 0.269 e. The molecule has 21 heavy (non-hydrogen) atoms. The van der Waals surface area contributed by atoms with Gasteiger partial charge in [-0.15, -0.1) is 0 Å². The molecular weight excluding hydrogens is 266 g/mol. The van der Waals surface area contributed by atoms with Gasteiger partial charge >= 0.3 is 0 Å². The van der Waals surface area contributed by atoms with Crippen molar-refractivity contribution in [3.05, 3.63) is 54.1 Å². The minimum absolute atomic E-state index is 0.208. The van der Waals surface area contributed by atoms with E-state index in [4.69, 9.17) is 9.47 Å². The zero-order chi connectivity index (χ0) is 14.8. The molecule has 0 unspecified atom stereocenters. The lowest BCUT2D eigenvalue weighted by atomic mass is 10.1. The largest absolute Gasteiger partial charge is 0.482 e. The highest BCUT2D eigenvalue weighted by atomic mass is 16.6. The maximum absolute atomic E-state index is 12.4. The van der Waals surface area contributed by atoms with E-state index in [-0.39, 0.29) is 12.0 Å². The van der Waals surface area contributed by atoms with Crippen LogP contribution in [0.25, 0.3) is 0 Å². The molecule has 0 saturated heterocycles. The molecule has 0 spiro atoms. The summed E-state index contributed by atoms with van der Waals surface area (Å²) in [6, 6.07) is 15.0. The first kappa shape index (κ1) is 13.5. The van der Waals surface area contributed by atoms with Crippen LogP contribution in [0.15, 0.2) is 48.5 Å². The van der Waals surface area contributed by atoms with Crippen LogP contribution in [0.2, 0.25) is 0 Å². The minimum atomic E-state index is -0.666. The molecule has 1 heterocycles. The van der Waals surface area contributed by atoms with Gasteiger partial charge in [0.25, 0.3) is 5.91 Å². The molecule has 1 aliphatic heterocycles. The predicted molar refractivity (Wildman–Crippen MR) is 80.8 cm³/mol. The Morgan fingerprint density at radius 2 is 1.62 bits per heavy atom. The van der Waals surface area contributed by atoms with Crippen molar-refractivity contribution in [3.8, 4) is 11.5 Å². The standard InChI is InChI=1S/C17H17NO3/c1-11-7-9-13(10-8-11)18-17(19)16-12(2)20-14-5-3-4-6-15(14)21-16/h3-10,12,16H,1-2H3,(H,18,19)/t12-,16-/m1/s1. The fraction of sp³-hybridized carbons (Fsp3) is 0.235. The van der Waals surface area contributed by atoms with Gasteiger partial charge in [-0.3, -0.25) is 4.79 Å². The Morgan fingerprint density at radius 1 is 1.00 bits per heavy atom. The molecule has 0 bridgehead atoms. The Hall–Kier alpha value is -2.49. The highest BCUT2D eigenvalue weighted by molar-refractivity contribution is 5.95. The fourth-order valence-electron chi connectivity index (χ4n) is 2.26. The molecule has 4 heteroatoms. The van der Waals surface area contributed by atoms with E-state index in [0.717, 1.165) is 11.3 Å². The highest BCUT2D eigenvalue weighted by Crippen LogP contribution is 2.33. The molecule has 0 fully saturated rings. The van der Waals surface area contributed by atoms with Gasteiger partial charge in [-0.05, 0) is 38.1 Å². The van der Waals surface area contributed by atoms with Crippen LogP contribution in [0.4, 0.5) is 5.69 Å². The Morgan fingerprint density at radius 3 is 2.29 bits per heavy atom. The van der Waals surface area contributed by atoms with Crippen LogP contribution in [0.5, 0.6) is 11.5 Å². The number of hydrogen-bond donors (Lipinski definition) is 1. The normalized spacial score (nSPS) is 19.9. The molecular formula is C17H17NO3. The van der Waals surface area contributed by atoms with E-state index in [2.05, 4.69) is 5.32 Å². The van der Waals surface area contributed by atoms with E-state index < -0.39 is 6.10 Å². The predicted octanol–water partition coefficient (Wildman–Crippen LogP) is 3.16. The molecule has 3 rings (SSSR count). The van der Waals surface area contributed by atoms with Crippen LogP contribution in [-0.4, -0.2) is 18.1 Å². The van der Waals surface area contributed by atoms with Gasteiger partial charge in [-0.2, -0.15) is 0 Å². The lowest BCUT2D eigenvalue weighted by molar-refractivity contribution is -0.128. The van der Waals surface area contributed by atoms with Crippen LogP contribution in [0.3, 0.4) is 0 Å². The summed E-state index contributed by atoms with van der Waals surface area (Å²) in [6.07, 6.45) is -1.01. The quantitative estimate of drug-likeness (QED) is 0.921. The van der Waals surface area contributed by atoms with Crippen molar-refractivity contribution in [2.24, 2.45) is 0 Å². The maximum atomic E-state index is 12.4. The summed E-state index contributed by atoms with van der Waals surface area (Å²) in [7, 11) is 0. The van der Waals surface area contributed by atoms with E-state index in [1.165, 1.54) is 0 Å². The highest BCUT2D eigenvalue weighted by Gasteiger charge is 2.33. The zero-order valence-electron chi connectivity index (χ0n) is 12.0. The summed E-state index contributed by atoms with van der Waals surface area (Å²) >= 11 is 0. The van der Waals surface area contributed by atoms with Gasteiger partial charge in [0.15, 0.2) is 11.5 Å². The van der Waals surface area contributed by atoms with Gasteiger partial charge < -0.3 is 14.8 Å². The van der Waals surface area contributed by atoms with E-state index in [9.17, 15) is 4.79 Å². The maximum Gasteiger partial charge on any atom is 0.269 e. The molecule has 0 aromatic heterocycles. The molecule has 1 amide bonds. The summed E-state index contributed by atoms with van der Waals surface area (Å²) < 4.78 is 11.5. The molecule has 2 atom stereocenters. The van der Waals surface area contributed by atoms with Crippen LogP contribution in [0.1, 0.15) is 12.5 Å². The summed E-state index contributed by atoms with van der Waals surface area (Å²) in [5, 5.41) is 2.86. The Kier molecular flexibility index (Phi) is 3.52. The van der Waals surface area contributed by atoms with Crippen molar-refractivity contribution in [3.63, 3.8) is 0 Å². The van der Waals surface area contributed by atoms with Crippen molar-refractivity contribution in [1.29, 1.82) is 0 Å². The van der Waals surface area contributed by atoms with Gasteiger partial charge in [0, 0.05) is 5.69 Å². The molecule has 2 aromatic rings. The number of hydrogen-bond acceptors (Lipinski definition) is 3. The number of para-hydroxylation sites is 2. The number of amides is 1. The molecule has 4 nitrogen and oxygen atoms in total. The molecule has 0 aliphatic carbocycles. The molecule has 2 aromatic carbocycles. The number of carbonyl (C=O) groups is 1. The second-order valence-electron chi connectivity index (χ2n) is 5.16. The number of aryl methyl sites for hydroxylation is 1. The number of rotatable bonds is 2. The zero-order valence-corrected chi connectivity index (χ0v) is 12.0. The summed E-state index contributed by atoms with van der Waals surface area (Å²) in [6.45, 7) is 3.83. The van der Waals surface area contributed by atoms with E-state index in [0.29, 0.717) is 11.5 Å². The van der Waals surface area contributed by atoms with Crippen LogP contribution in [-0.2, 0) is 4.79 Å². The van der Waals surface area contributed by atoms with E-state index in [1.54, 1.807) is 6.07 Å². The molecule has 1 aliphatic rings. The summed E-state index contributed by atoms with van der Waals surface area (Å²) in [5.74, 6) is 1.06. The third-order valence-electron chi connectivity index (χ3n) is 3.42. The lowest BCUT2D eigenvalue weighted by Gasteiger charge is -2.31. The average Bonchev–Trinajstić information content (AvgIpc) is 2.49. The van der Waals surface area contributed by atoms with Crippen molar-refractivity contribution in [1.82, 2.24) is 0 Å². The first-order valence-corrected chi connectivity index (χ1v) is 6.93. The third kappa shape index (κ3) is 2.84. The van der Waals surface area contributed by atoms with Crippen LogP contribution < -0.4 is 14.8 Å². The second-order valence-corrected chi connectivity index (χ2v) is 5.16. The lowest BCUT2D eigenvalue weighted by Crippen LogP contribution is -2.46. The van der Waals surface area contributed by atoms with Crippen molar-refractivity contribution >= 4 is 11.6 Å². The van der Waals surface area contributed by atoms with Gasteiger partial charge in [0.05, 0.1) is 0 Å². The number of benzene rings is 2. The molecule has 0 saturated carbocycles. The number of anilines is 1. The molecule has 0 radical (unpaired) electrons. The minimum Gasteiger partial charge on any atom is -0.482 e. The fourth-order valence-corrected chi connectivity index (χ4v) is 2.26. The number of nitrogens with one attached hydrogen (secondary N) is 1. The van der Waals surface area contributed by atoms with Crippen molar-refractivity contribution in [2.45, 2.75) is 26.1 Å². The van der Waals surface area contributed by atoms with Gasteiger partial charge in [0.1, 0.15) is 6.10 Å². The summed E-state index contributed by atoms with van der Waals surface area (Å²) in [4.78, 5) is 12.4. The van der Waals surface area contributed by atoms with Gasteiger partial charge in [0.2, 0.25) is 6.10 Å². The number of fused-ring (bicyclic) bond motifs is 1. The average molecular weight is 283 g/mol. The molecule has 1 N–H and O–H groups in total. The molecule has 108 valence electrons. The van der Waals surface area contributed by atoms with Gasteiger partial charge in [-0.25, -0.2) is 0 Å². The second kappa shape index (κ2) is 5.48. The van der Waals surface area contributed by atoms with Gasteiger partial charge in [-0.1, -0.05) is 29.8 Å². The topological polar surface area (TPSA) is 47.6 Å². The SMILES string of the molecule is Cc1ccc(NC(=O)[C@@H]2Oc3ccccc3O[C@@H]2C)cc1. The van der Waals surface area contributed by atoms with E-state index >= 15 is 0 Å². The Balaban J connectivity index is 1.74. The van der Waals surface area contributed by atoms with Crippen LogP contribution >= 0.6 is 0 Å².